The zero-order chi connectivity index (χ0) is 13.1. The molecule has 18 heavy (non-hydrogen) atoms. The minimum absolute atomic E-state index is 0.188. The highest BCUT2D eigenvalue weighted by atomic mass is 35.5. The van der Waals surface area contributed by atoms with Gasteiger partial charge in [-0.15, -0.1) is 0 Å². The molecule has 1 aliphatic heterocycles. The standard InChI is InChI=1S/C13H17Cl2NO2/c1-16-6-4-12(17)13(5-7-16)18-9-2-3-10(14)11(15)8-9/h2-3,8,12-13,17H,4-7H2,1H3/t12-,13-/m1/s1. The Morgan fingerprint density at radius 2 is 1.94 bits per heavy atom. The van der Waals surface area contributed by atoms with Crippen molar-refractivity contribution >= 4 is 23.2 Å². The first-order valence-electron chi connectivity index (χ1n) is 6.04. The molecule has 0 saturated carbocycles. The van der Waals surface area contributed by atoms with E-state index < -0.39 is 6.10 Å². The van der Waals surface area contributed by atoms with Gasteiger partial charge in [0.2, 0.25) is 0 Å². The summed E-state index contributed by atoms with van der Waals surface area (Å²) in [5, 5.41) is 11.0. The van der Waals surface area contributed by atoms with Crippen LogP contribution in [0.3, 0.4) is 0 Å². The van der Waals surface area contributed by atoms with Crippen LogP contribution in [-0.4, -0.2) is 42.4 Å². The van der Waals surface area contributed by atoms with Gasteiger partial charge in [0.15, 0.2) is 0 Å². The molecule has 0 spiro atoms. The van der Waals surface area contributed by atoms with Crippen LogP contribution >= 0.6 is 23.2 Å². The van der Waals surface area contributed by atoms with Gasteiger partial charge in [-0.1, -0.05) is 23.2 Å². The van der Waals surface area contributed by atoms with E-state index in [-0.39, 0.29) is 6.10 Å². The quantitative estimate of drug-likeness (QED) is 0.909. The molecule has 1 N–H and O–H groups in total. The van der Waals surface area contributed by atoms with Gasteiger partial charge in [-0.2, -0.15) is 0 Å². The lowest BCUT2D eigenvalue weighted by molar-refractivity contribution is 0.0350. The molecule has 1 heterocycles. The first-order valence-corrected chi connectivity index (χ1v) is 6.80. The van der Waals surface area contributed by atoms with Gasteiger partial charge in [0.1, 0.15) is 11.9 Å². The van der Waals surface area contributed by atoms with Crippen molar-refractivity contribution in [3.05, 3.63) is 28.2 Å². The van der Waals surface area contributed by atoms with E-state index in [1.165, 1.54) is 0 Å². The minimum Gasteiger partial charge on any atom is -0.488 e. The van der Waals surface area contributed by atoms with E-state index in [0.717, 1.165) is 25.9 Å². The van der Waals surface area contributed by atoms with Crippen molar-refractivity contribution in [2.45, 2.75) is 25.0 Å². The number of likely N-dealkylation sites (tertiary alicyclic amines) is 1. The van der Waals surface area contributed by atoms with Crippen LogP contribution in [0.15, 0.2) is 18.2 Å². The van der Waals surface area contributed by atoms with Gasteiger partial charge in [0, 0.05) is 19.2 Å². The molecule has 3 nitrogen and oxygen atoms in total. The van der Waals surface area contributed by atoms with E-state index in [0.29, 0.717) is 15.8 Å². The summed E-state index contributed by atoms with van der Waals surface area (Å²) in [6.07, 6.45) is 0.900. The van der Waals surface area contributed by atoms with Crippen LogP contribution in [0.1, 0.15) is 12.8 Å². The number of aliphatic hydroxyl groups is 1. The summed E-state index contributed by atoms with van der Waals surface area (Å²) in [6, 6.07) is 5.16. The van der Waals surface area contributed by atoms with Crippen molar-refractivity contribution < 1.29 is 9.84 Å². The fourth-order valence-electron chi connectivity index (χ4n) is 2.05. The van der Waals surface area contributed by atoms with Crippen molar-refractivity contribution in [1.82, 2.24) is 4.90 Å². The molecule has 100 valence electrons. The molecule has 2 atom stereocenters. The van der Waals surface area contributed by atoms with Crippen LogP contribution in [0.5, 0.6) is 5.75 Å². The van der Waals surface area contributed by atoms with Crippen LogP contribution in [0, 0.1) is 0 Å². The predicted molar refractivity (Wildman–Crippen MR) is 73.6 cm³/mol. The number of aliphatic hydroxyl groups excluding tert-OH is 1. The zero-order valence-corrected chi connectivity index (χ0v) is 11.8. The first-order chi connectivity index (χ1) is 8.56. The Morgan fingerprint density at radius 3 is 2.67 bits per heavy atom. The summed E-state index contributed by atoms with van der Waals surface area (Å²) in [5.41, 5.74) is 0. The van der Waals surface area contributed by atoms with Gasteiger partial charge in [-0.25, -0.2) is 0 Å². The Labute approximate surface area is 117 Å². The molecule has 1 fully saturated rings. The maximum absolute atomic E-state index is 10.0. The Hall–Kier alpha value is -0.480. The van der Waals surface area contributed by atoms with E-state index >= 15 is 0 Å². The third kappa shape index (κ3) is 3.51. The molecule has 5 heteroatoms. The highest BCUT2D eigenvalue weighted by Crippen LogP contribution is 2.28. The second-order valence-corrected chi connectivity index (χ2v) is 5.49. The van der Waals surface area contributed by atoms with Crippen LogP contribution in [-0.2, 0) is 0 Å². The van der Waals surface area contributed by atoms with Crippen LogP contribution in [0.4, 0.5) is 0 Å². The third-order valence-electron chi connectivity index (χ3n) is 3.21. The van der Waals surface area contributed by atoms with E-state index in [4.69, 9.17) is 27.9 Å². The van der Waals surface area contributed by atoms with Gasteiger partial charge in [0.25, 0.3) is 0 Å². The number of hydrogen-bond donors (Lipinski definition) is 1. The Kier molecular flexibility index (Phi) is 4.73. The number of rotatable bonds is 2. The highest BCUT2D eigenvalue weighted by Gasteiger charge is 2.25. The monoisotopic (exact) mass is 289 g/mol. The van der Waals surface area contributed by atoms with E-state index in [9.17, 15) is 5.11 Å². The average molecular weight is 290 g/mol. The molecular formula is C13H17Cl2NO2. The Bertz CT molecular complexity index is 414. The van der Waals surface area contributed by atoms with Crippen molar-refractivity contribution in [1.29, 1.82) is 0 Å². The number of halogens is 2. The molecule has 2 rings (SSSR count). The highest BCUT2D eigenvalue weighted by molar-refractivity contribution is 6.42. The van der Waals surface area contributed by atoms with Crippen molar-refractivity contribution in [3.8, 4) is 5.75 Å². The fraction of sp³-hybridized carbons (Fsp3) is 0.538. The number of ether oxygens (including phenoxy) is 1. The molecule has 1 saturated heterocycles. The number of hydrogen-bond acceptors (Lipinski definition) is 3. The molecule has 0 unspecified atom stereocenters. The summed E-state index contributed by atoms with van der Waals surface area (Å²) in [5.74, 6) is 0.651. The topological polar surface area (TPSA) is 32.7 Å². The summed E-state index contributed by atoms with van der Waals surface area (Å²) < 4.78 is 5.81. The van der Waals surface area contributed by atoms with E-state index in [1.807, 2.05) is 7.05 Å². The molecule has 1 aromatic rings. The zero-order valence-electron chi connectivity index (χ0n) is 10.3. The predicted octanol–water partition coefficient (Wildman–Crippen LogP) is 2.83. The third-order valence-corrected chi connectivity index (χ3v) is 3.95. The lowest BCUT2D eigenvalue weighted by Gasteiger charge is -2.21. The van der Waals surface area contributed by atoms with Crippen LogP contribution < -0.4 is 4.74 Å². The van der Waals surface area contributed by atoms with Gasteiger partial charge in [-0.05, 0) is 32.0 Å². The fourth-order valence-corrected chi connectivity index (χ4v) is 2.34. The van der Waals surface area contributed by atoms with Gasteiger partial charge in [-0.3, -0.25) is 0 Å². The second-order valence-electron chi connectivity index (χ2n) is 4.68. The summed E-state index contributed by atoms with van der Waals surface area (Å²) in [4.78, 5) is 2.20. The Morgan fingerprint density at radius 1 is 1.22 bits per heavy atom. The van der Waals surface area contributed by atoms with Gasteiger partial charge in [0.05, 0.1) is 16.1 Å². The number of nitrogens with zero attached hydrogens (tertiary/aromatic N) is 1. The first kappa shape index (κ1) is 13.9. The van der Waals surface area contributed by atoms with Gasteiger partial charge >= 0.3 is 0 Å². The molecule has 0 amide bonds. The van der Waals surface area contributed by atoms with Crippen molar-refractivity contribution in [2.24, 2.45) is 0 Å². The van der Waals surface area contributed by atoms with E-state index in [1.54, 1.807) is 18.2 Å². The molecule has 0 aromatic heterocycles. The average Bonchev–Trinajstić information content (AvgIpc) is 2.49. The smallest absolute Gasteiger partial charge is 0.126 e. The number of benzene rings is 1. The molecule has 0 aliphatic carbocycles. The van der Waals surface area contributed by atoms with Crippen molar-refractivity contribution in [2.75, 3.05) is 20.1 Å². The minimum atomic E-state index is -0.440. The van der Waals surface area contributed by atoms with Crippen LogP contribution in [0.2, 0.25) is 10.0 Å². The lowest BCUT2D eigenvalue weighted by atomic mass is 10.1. The lowest BCUT2D eigenvalue weighted by Crippen LogP contribution is -2.31. The van der Waals surface area contributed by atoms with E-state index in [2.05, 4.69) is 4.90 Å². The second kappa shape index (κ2) is 6.11. The Balaban J connectivity index is 2.05. The molecule has 1 aliphatic rings. The maximum Gasteiger partial charge on any atom is 0.126 e. The van der Waals surface area contributed by atoms with Crippen molar-refractivity contribution in [3.63, 3.8) is 0 Å². The summed E-state index contributed by atoms with van der Waals surface area (Å²) in [7, 11) is 2.05. The SMILES string of the molecule is CN1CC[C@@H](O)[C@H](Oc2ccc(Cl)c(Cl)c2)CC1. The van der Waals surface area contributed by atoms with Gasteiger partial charge < -0.3 is 14.7 Å². The molecule has 1 aromatic carbocycles. The molecule has 0 bridgehead atoms. The molecular weight excluding hydrogens is 273 g/mol. The normalized spacial score (nSPS) is 25.8. The molecule has 0 radical (unpaired) electrons. The summed E-state index contributed by atoms with van der Waals surface area (Å²) >= 11 is 11.8. The van der Waals surface area contributed by atoms with Crippen LogP contribution in [0.25, 0.3) is 0 Å². The summed E-state index contributed by atoms with van der Waals surface area (Å²) in [6.45, 7) is 1.81. The largest absolute Gasteiger partial charge is 0.488 e. The maximum atomic E-state index is 10.0.